The predicted octanol–water partition coefficient (Wildman–Crippen LogP) is 5.41. The summed E-state index contributed by atoms with van der Waals surface area (Å²) in [5.41, 5.74) is 4.92. The van der Waals surface area contributed by atoms with Gasteiger partial charge in [-0.3, -0.25) is 0 Å². The maximum absolute atomic E-state index is 4.96. The highest BCUT2D eigenvalue weighted by atomic mass is 14.7. The fourth-order valence-corrected chi connectivity index (χ4v) is 3.25. The Bertz CT molecular complexity index is 983. The maximum atomic E-state index is 4.96. The predicted molar refractivity (Wildman–Crippen MR) is 90.9 cm³/mol. The largest absolute Gasteiger partial charge is 0.247 e. The molecule has 4 aromatic rings. The third kappa shape index (κ3) is 1.81. The van der Waals surface area contributed by atoms with Crippen LogP contribution in [0.4, 0.5) is 0 Å². The van der Waals surface area contributed by atoms with Gasteiger partial charge in [0.1, 0.15) is 0 Å². The van der Waals surface area contributed by atoms with Crippen LogP contribution < -0.4 is 0 Å². The lowest BCUT2D eigenvalue weighted by Gasteiger charge is -2.11. The molecule has 0 fully saturated rings. The summed E-state index contributed by atoms with van der Waals surface area (Å²) < 4.78 is 0. The number of aryl methyl sites for hydroxylation is 2. The van der Waals surface area contributed by atoms with Crippen LogP contribution in [0.3, 0.4) is 0 Å². The van der Waals surface area contributed by atoms with Crippen molar-refractivity contribution in [1.82, 2.24) is 4.98 Å². The van der Waals surface area contributed by atoms with Crippen LogP contribution >= 0.6 is 0 Å². The van der Waals surface area contributed by atoms with Gasteiger partial charge >= 0.3 is 0 Å². The van der Waals surface area contributed by atoms with Crippen LogP contribution in [0.5, 0.6) is 0 Å². The second-order valence-electron chi connectivity index (χ2n) is 5.65. The Morgan fingerprint density at radius 2 is 1.71 bits per heavy atom. The van der Waals surface area contributed by atoms with E-state index in [4.69, 9.17) is 4.98 Å². The van der Waals surface area contributed by atoms with Gasteiger partial charge in [-0.1, -0.05) is 55.0 Å². The van der Waals surface area contributed by atoms with Gasteiger partial charge in [0.05, 0.1) is 11.0 Å². The maximum Gasteiger partial charge on any atom is 0.0790 e. The van der Waals surface area contributed by atoms with Crippen LogP contribution in [-0.2, 0) is 6.42 Å². The molecule has 0 aliphatic rings. The van der Waals surface area contributed by atoms with Crippen molar-refractivity contribution in [2.75, 3.05) is 0 Å². The smallest absolute Gasteiger partial charge is 0.0790 e. The van der Waals surface area contributed by atoms with E-state index in [0.717, 1.165) is 17.5 Å². The van der Waals surface area contributed by atoms with Gasteiger partial charge in [-0.25, -0.2) is 4.98 Å². The van der Waals surface area contributed by atoms with Gasteiger partial charge < -0.3 is 0 Å². The quantitative estimate of drug-likeness (QED) is 0.333. The van der Waals surface area contributed by atoms with Crippen molar-refractivity contribution in [3.05, 3.63) is 65.7 Å². The van der Waals surface area contributed by atoms with Gasteiger partial charge in [-0.05, 0) is 36.4 Å². The van der Waals surface area contributed by atoms with E-state index in [1.54, 1.807) is 0 Å². The Morgan fingerprint density at radius 3 is 2.57 bits per heavy atom. The Balaban J connectivity index is 2.28. The van der Waals surface area contributed by atoms with Crippen LogP contribution in [0.2, 0.25) is 0 Å². The number of fused-ring (bicyclic) bond motifs is 4. The zero-order valence-electron chi connectivity index (χ0n) is 12.4. The Morgan fingerprint density at radius 1 is 0.857 bits per heavy atom. The first kappa shape index (κ1) is 12.3. The standard InChI is InChI=1S/C20H17N/c1-3-15-17-10-9-14-6-4-5-7-16(14)20(17)21-19-11-8-13(2)12-18(15)19/h4-12H,3H2,1-2H3. The summed E-state index contributed by atoms with van der Waals surface area (Å²) in [6.45, 7) is 4.37. The highest BCUT2D eigenvalue weighted by Gasteiger charge is 2.10. The number of hydrogen-bond donors (Lipinski definition) is 0. The number of pyridine rings is 1. The van der Waals surface area contributed by atoms with E-state index in [2.05, 4.69) is 68.4 Å². The number of benzene rings is 3. The minimum atomic E-state index is 1.03. The Hall–Kier alpha value is -2.41. The SMILES string of the molecule is CCc1c2cc(C)ccc2nc2c1ccc1ccccc12. The van der Waals surface area contributed by atoms with E-state index in [1.807, 2.05) is 0 Å². The summed E-state index contributed by atoms with van der Waals surface area (Å²) in [5, 5.41) is 5.08. The molecule has 0 spiro atoms. The van der Waals surface area contributed by atoms with Crippen LogP contribution in [0, 0.1) is 6.92 Å². The van der Waals surface area contributed by atoms with E-state index in [1.165, 1.54) is 32.7 Å². The minimum absolute atomic E-state index is 1.03. The normalized spacial score (nSPS) is 11.5. The van der Waals surface area contributed by atoms with E-state index in [9.17, 15) is 0 Å². The first-order valence-electron chi connectivity index (χ1n) is 7.48. The Labute approximate surface area is 124 Å². The molecule has 21 heavy (non-hydrogen) atoms. The molecule has 0 aliphatic carbocycles. The summed E-state index contributed by atoms with van der Waals surface area (Å²) in [5.74, 6) is 0. The number of rotatable bonds is 1. The van der Waals surface area contributed by atoms with Crippen molar-refractivity contribution in [2.24, 2.45) is 0 Å². The fourth-order valence-electron chi connectivity index (χ4n) is 3.25. The molecule has 1 heterocycles. The summed E-state index contributed by atoms with van der Waals surface area (Å²) in [7, 11) is 0. The molecule has 0 amide bonds. The molecule has 3 aromatic carbocycles. The third-order valence-corrected chi connectivity index (χ3v) is 4.29. The minimum Gasteiger partial charge on any atom is -0.247 e. The van der Waals surface area contributed by atoms with Crippen LogP contribution in [-0.4, -0.2) is 4.98 Å². The summed E-state index contributed by atoms with van der Waals surface area (Å²) >= 11 is 0. The van der Waals surface area contributed by atoms with Crippen molar-refractivity contribution < 1.29 is 0 Å². The van der Waals surface area contributed by atoms with E-state index in [-0.39, 0.29) is 0 Å². The lowest BCUT2D eigenvalue weighted by molar-refractivity contribution is 1.17. The molecule has 0 saturated heterocycles. The van der Waals surface area contributed by atoms with Crippen LogP contribution in [0.1, 0.15) is 18.1 Å². The second kappa shape index (κ2) is 4.56. The summed E-state index contributed by atoms with van der Waals surface area (Å²) in [6, 6.07) is 19.5. The first-order chi connectivity index (χ1) is 10.3. The molecule has 1 aromatic heterocycles. The number of hydrogen-bond acceptors (Lipinski definition) is 1. The molecule has 0 atom stereocenters. The monoisotopic (exact) mass is 271 g/mol. The van der Waals surface area contributed by atoms with Gasteiger partial charge in [0.2, 0.25) is 0 Å². The van der Waals surface area contributed by atoms with Crippen LogP contribution in [0.25, 0.3) is 32.6 Å². The van der Waals surface area contributed by atoms with Gasteiger partial charge in [0.25, 0.3) is 0 Å². The Kier molecular flexibility index (Phi) is 2.68. The highest BCUT2D eigenvalue weighted by Crippen LogP contribution is 2.31. The molecule has 4 rings (SSSR count). The molecular formula is C20H17N. The number of nitrogens with zero attached hydrogens (tertiary/aromatic N) is 1. The van der Waals surface area contributed by atoms with Gasteiger partial charge in [0, 0.05) is 16.2 Å². The van der Waals surface area contributed by atoms with E-state index in [0.29, 0.717) is 0 Å². The second-order valence-corrected chi connectivity index (χ2v) is 5.65. The van der Waals surface area contributed by atoms with Crippen molar-refractivity contribution in [1.29, 1.82) is 0 Å². The topological polar surface area (TPSA) is 12.9 Å². The van der Waals surface area contributed by atoms with Crippen molar-refractivity contribution in [3.63, 3.8) is 0 Å². The molecule has 1 nitrogen and oxygen atoms in total. The van der Waals surface area contributed by atoms with Gasteiger partial charge in [-0.15, -0.1) is 0 Å². The summed E-state index contributed by atoms with van der Waals surface area (Å²) in [6.07, 6.45) is 1.03. The van der Waals surface area contributed by atoms with Gasteiger partial charge in [-0.2, -0.15) is 0 Å². The van der Waals surface area contributed by atoms with E-state index >= 15 is 0 Å². The van der Waals surface area contributed by atoms with E-state index < -0.39 is 0 Å². The molecule has 1 heteroatoms. The molecule has 0 unspecified atom stereocenters. The molecule has 0 saturated carbocycles. The molecule has 102 valence electrons. The highest BCUT2D eigenvalue weighted by molar-refractivity contribution is 6.10. The fraction of sp³-hybridized carbons (Fsp3) is 0.150. The van der Waals surface area contributed by atoms with Crippen molar-refractivity contribution >= 4 is 32.6 Å². The molecule has 0 N–H and O–H groups in total. The molecule has 0 aliphatic heterocycles. The lowest BCUT2D eigenvalue weighted by atomic mass is 9.97. The summed E-state index contributed by atoms with van der Waals surface area (Å²) in [4.78, 5) is 4.96. The molecule has 0 bridgehead atoms. The first-order valence-corrected chi connectivity index (χ1v) is 7.48. The molecule has 0 radical (unpaired) electrons. The lowest BCUT2D eigenvalue weighted by Crippen LogP contribution is -1.92. The number of aromatic nitrogens is 1. The molecular weight excluding hydrogens is 254 g/mol. The van der Waals surface area contributed by atoms with Gasteiger partial charge in [0.15, 0.2) is 0 Å². The van der Waals surface area contributed by atoms with Crippen molar-refractivity contribution in [3.8, 4) is 0 Å². The average Bonchev–Trinajstić information content (AvgIpc) is 2.52. The third-order valence-electron chi connectivity index (χ3n) is 4.29. The average molecular weight is 271 g/mol. The van der Waals surface area contributed by atoms with Crippen molar-refractivity contribution in [2.45, 2.75) is 20.3 Å². The zero-order valence-corrected chi connectivity index (χ0v) is 12.4. The zero-order chi connectivity index (χ0) is 14.4. The van der Waals surface area contributed by atoms with Crippen LogP contribution in [0.15, 0.2) is 54.6 Å².